The molecule has 0 atom stereocenters. The van der Waals surface area contributed by atoms with Gasteiger partial charge in [-0.25, -0.2) is 0 Å². The van der Waals surface area contributed by atoms with Crippen LogP contribution in [0, 0.1) is 0 Å². The van der Waals surface area contributed by atoms with E-state index in [1.807, 2.05) is 24.6 Å². The number of rotatable bonds is 5. The van der Waals surface area contributed by atoms with Crippen LogP contribution in [0.2, 0.25) is 0 Å². The standard InChI is InChI=1S/C13H19N5O/c1-4-9-6-10(18(5-2)16-9)7-12(19)11-8-15-17(3)13(11)14/h6,8H,4-5,7,14H2,1-3H3. The summed E-state index contributed by atoms with van der Waals surface area (Å²) in [4.78, 5) is 12.2. The zero-order valence-electron chi connectivity index (χ0n) is 11.6. The van der Waals surface area contributed by atoms with Gasteiger partial charge >= 0.3 is 0 Å². The number of carbonyl (C=O) groups is 1. The zero-order chi connectivity index (χ0) is 14.0. The van der Waals surface area contributed by atoms with E-state index < -0.39 is 0 Å². The molecule has 0 unspecified atom stereocenters. The molecule has 0 fully saturated rings. The fourth-order valence-corrected chi connectivity index (χ4v) is 2.03. The Balaban J connectivity index is 2.23. The molecule has 0 aromatic carbocycles. The third-order valence-electron chi connectivity index (χ3n) is 3.20. The van der Waals surface area contributed by atoms with Crippen molar-refractivity contribution in [1.29, 1.82) is 0 Å². The van der Waals surface area contributed by atoms with Crippen molar-refractivity contribution in [2.24, 2.45) is 7.05 Å². The lowest BCUT2D eigenvalue weighted by atomic mass is 10.1. The molecule has 0 bridgehead atoms. The van der Waals surface area contributed by atoms with Crippen LogP contribution in [0.25, 0.3) is 0 Å². The van der Waals surface area contributed by atoms with E-state index in [1.54, 1.807) is 7.05 Å². The summed E-state index contributed by atoms with van der Waals surface area (Å²) in [6.45, 7) is 4.82. The van der Waals surface area contributed by atoms with Crippen molar-refractivity contribution in [3.8, 4) is 0 Å². The van der Waals surface area contributed by atoms with E-state index >= 15 is 0 Å². The molecule has 2 N–H and O–H groups in total. The third kappa shape index (κ3) is 2.52. The number of Topliss-reactive ketones (excluding diaryl/α,β-unsaturated/α-hetero) is 1. The number of nitrogens with zero attached hydrogens (tertiary/aromatic N) is 4. The van der Waals surface area contributed by atoms with E-state index in [1.165, 1.54) is 10.9 Å². The second kappa shape index (κ2) is 5.26. The van der Waals surface area contributed by atoms with Crippen LogP contribution in [0.15, 0.2) is 12.3 Å². The molecule has 6 nitrogen and oxygen atoms in total. The van der Waals surface area contributed by atoms with Gasteiger partial charge < -0.3 is 5.73 Å². The average molecular weight is 261 g/mol. The van der Waals surface area contributed by atoms with Gasteiger partial charge in [0.25, 0.3) is 0 Å². The molecule has 0 spiro atoms. The number of ketones is 1. The molecule has 0 aliphatic carbocycles. The van der Waals surface area contributed by atoms with Gasteiger partial charge in [-0.15, -0.1) is 0 Å². The molecule has 2 aromatic rings. The van der Waals surface area contributed by atoms with Crippen molar-refractivity contribution in [2.75, 3.05) is 5.73 Å². The van der Waals surface area contributed by atoms with Gasteiger partial charge in [-0.2, -0.15) is 10.2 Å². The normalized spacial score (nSPS) is 10.9. The van der Waals surface area contributed by atoms with Gasteiger partial charge in [-0.05, 0) is 19.4 Å². The van der Waals surface area contributed by atoms with Gasteiger partial charge in [0.05, 0.1) is 23.9 Å². The van der Waals surface area contributed by atoms with Gasteiger partial charge in [0.15, 0.2) is 5.78 Å². The summed E-state index contributed by atoms with van der Waals surface area (Å²) >= 11 is 0. The quantitative estimate of drug-likeness (QED) is 0.820. The predicted molar refractivity (Wildman–Crippen MR) is 72.9 cm³/mol. The zero-order valence-corrected chi connectivity index (χ0v) is 11.6. The minimum Gasteiger partial charge on any atom is -0.383 e. The highest BCUT2D eigenvalue weighted by molar-refractivity contribution is 6.00. The lowest BCUT2D eigenvalue weighted by molar-refractivity contribution is 0.0991. The van der Waals surface area contributed by atoms with E-state index in [0.717, 1.165) is 24.4 Å². The second-order valence-corrected chi connectivity index (χ2v) is 4.46. The molecule has 102 valence electrons. The van der Waals surface area contributed by atoms with Crippen LogP contribution in [0.3, 0.4) is 0 Å². The number of carbonyl (C=O) groups excluding carboxylic acids is 1. The van der Waals surface area contributed by atoms with Crippen LogP contribution < -0.4 is 5.73 Å². The molecule has 2 aromatic heterocycles. The summed E-state index contributed by atoms with van der Waals surface area (Å²) in [6.07, 6.45) is 2.69. The fraction of sp³-hybridized carbons (Fsp3) is 0.462. The van der Waals surface area contributed by atoms with Crippen molar-refractivity contribution >= 4 is 11.6 Å². The minimum absolute atomic E-state index is 0.0251. The molecule has 0 saturated heterocycles. The van der Waals surface area contributed by atoms with Crippen LogP contribution in [0.5, 0.6) is 0 Å². The lowest BCUT2D eigenvalue weighted by Crippen LogP contribution is -2.11. The summed E-state index contributed by atoms with van der Waals surface area (Å²) < 4.78 is 3.37. The molecule has 0 saturated carbocycles. The van der Waals surface area contributed by atoms with Crippen molar-refractivity contribution < 1.29 is 4.79 Å². The number of nitrogen functional groups attached to an aromatic ring is 1. The highest BCUT2D eigenvalue weighted by Crippen LogP contribution is 2.14. The number of nitrogens with two attached hydrogens (primary N) is 1. The molecule has 2 heterocycles. The van der Waals surface area contributed by atoms with Crippen LogP contribution in [-0.2, 0) is 26.4 Å². The van der Waals surface area contributed by atoms with Crippen LogP contribution in [-0.4, -0.2) is 25.3 Å². The Hall–Kier alpha value is -2.11. The fourth-order valence-electron chi connectivity index (χ4n) is 2.03. The van der Waals surface area contributed by atoms with Crippen molar-refractivity contribution in [1.82, 2.24) is 19.6 Å². The second-order valence-electron chi connectivity index (χ2n) is 4.46. The van der Waals surface area contributed by atoms with Gasteiger partial charge in [-0.1, -0.05) is 6.92 Å². The Labute approximate surface area is 112 Å². The first-order chi connectivity index (χ1) is 9.06. The van der Waals surface area contributed by atoms with Gasteiger partial charge in [-0.3, -0.25) is 14.2 Å². The Bertz CT molecular complexity index is 596. The summed E-state index contributed by atoms with van der Waals surface area (Å²) in [5.74, 6) is 0.381. The van der Waals surface area contributed by atoms with E-state index in [9.17, 15) is 4.79 Å². The molecular formula is C13H19N5O. The van der Waals surface area contributed by atoms with Crippen LogP contribution >= 0.6 is 0 Å². The smallest absolute Gasteiger partial charge is 0.174 e. The topological polar surface area (TPSA) is 78.7 Å². The Morgan fingerprint density at radius 3 is 2.68 bits per heavy atom. The number of hydrogen-bond acceptors (Lipinski definition) is 4. The highest BCUT2D eigenvalue weighted by Gasteiger charge is 2.17. The van der Waals surface area contributed by atoms with E-state index in [4.69, 9.17) is 5.73 Å². The Morgan fingerprint density at radius 2 is 2.16 bits per heavy atom. The molecule has 2 rings (SSSR count). The maximum atomic E-state index is 12.2. The first-order valence-corrected chi connectivity index (χ1v) is 6.43. The highest BCUT2D eigenvalue weighted by atomic mass is 16.1. The maximum absolute atomic E-state index is 12.2. The SMILES string of the molecule is CCc1cc(CC(=O)c2cnn(C)c2N)n(CC)n1. The third-order valence-corrected chi connectivity index (χ3v) is 3.20. The van der Waals surface area contributed by atoms with E-state index in [-0.39, 0.29) is 5.78 Å². The van der Waals surface area contributed by atoms with E-state index in [2.05, 4.69) is 10.2 Å². The lowest BCUT2D eigenvalue weighted by Gasteiger charge is -2.03. The maximum Gasteiger partial charge on any atom is 0.174 e. The average Bonchev–Trinajstić information content (AvgIpc) is 2.94. The monoisotopic (exact) mass is 261 g/mol. The predicted octanol–water partition coefficient (Wildman–Crippen LogP) is 1.21. The summed E-state index contributed by atoms with van der Waals surface area (Å²) in [7, 11) is 1.72. The van der Waals surface area contributed by atoms with Crippen molar-refractivity contribution in [3.63, 3.8) is 0 Å². The molecule has 0 amide bonds. The Kier molecular flexibility index (Phi) is 3.69. The number of aryl methyl sites for hydroxylation is 3. The van der Waals surface area contributed by atoms with Crippen molar-refractivity contribution in [3.05, 3.63) is 29.2 Å². The first-order valence-electron chi connectivity index (χ1n) is 6.43. The summed E-state index contributed by atoms with van der Waals surface area (Å²) in [5.41, 5.74) is 8.22. The number of anilines is 1. The summed E-state index contributed by atoms with van der Waals surface area (Å²) in [5, 5.41) is 8.43. The molecule has 6 heteroatoms. The van der Waals surface area contributed by atoms with Gasteiger partial charge in [0, 0.05) is 19.3 Å². The van der Waals surface area contributed by atoms with Gasteiger partial charge in [0.1, 0.15) is 5.82 Å². The van der Waals surface area contributed by atoms with Crippen LogP contribution in [0.1, 0.15) is 35.6 Å². The minimum atomic E-state index is -0.0251. The van der Waals surface area contributed by atoms with Crippen molar-refractivity contribution in [2.45, 2.75) is 33.2 Å². The molecule has 0 aliphatic rings. The molecular weight excluding hydrogens is 242 g/mol. The largest absolute Gasteiger partial charge is 0.383 e. The Morgan fingerprint density at radius 1 is 1.42 bits per heavy atom. The number of aromatic nitrogens is 4. The molecule has 19 heavy (non-hydrogen) atoms. The van der Waals surface area contributed by atoms with E-state index in [0.29, 0.717) is 17.8 Å². The molecule has 0 radical (unpaired) electrons. The summed E-state index contributed by atoms with van der Waals surface area (Å²) in [6, 6.07) is 1.98. The first kappa shape index (κ1) is 13.3. The van der Waals surface area contributed by atoms with Gasteiger partial charge in [0.2, 0.25) is 0 Å². The number of hydrogen-bond donors (Lipinski definition) is 1. The van der Waals surface area contributed by atoms with Crippen LogP contribution in [0.4, 0.5) is 5.82 Å². The molecule has 0 aliphatic heterocycles.